The largest absolute Gasteiger partial charge is 0.573 e. The molecule has 1 aromatic rings. The van der Waals surface area contributed by atoms with Gasteiger partial charge in [-0.3, -0.25) is 4.99 Å². The molecule has 1 atom stereocenters. The highest BCUT2D eigenvalue weighted by molar-refractivity contribution is 14.0. The quantitative estimate of drug-likeness (QED) is 0.426. The zero-order chi connectivity index (χ0) is 16.9. The lowest BCUT2D eigenvalue weighted by atomic mass is 10.0. The molecule has 1 fully saturated rings. The van der Waals surface area contributed by atoms with E-state index in [2.05, 4.69) is 16.7 Å². The maximum atomic E-state index is 12.4. The van der Waals surface area contributed by atoms with Gasteiger partial charge < -0.3 is 15.4 Å². The highest BCUT2D eigenvalue weighted by Gasteiger charge is 2.31. The SMILES string of the molecule is CC1CCCN(C(N)=NCCc2ccccc2OC(F)(F)F)C1.I. The van der Waals surface area contributed by atoms with E-state index in [-0.39, 0.29) is 29.7 Å². The second-order valence-corrected chi connectivity index (χ2v) is 5.84. The van der Waals surface area contributed by atoms with Crippen LogP contribution < -0.4 is 10.5 Å². The van der Waals surface area contributed by atoms with Crippen LogP contribution in [0.2, 0.25) is 0 Å². The van der Waals surface area contributed by atoms with Crippen LogP contribution >= 0.6 is 24.0 Å². The Balaban J connectivity index is 0.00000288. The molecule has 24 heavy (non-hydrogen) atoms. The van der Waals surface area contributed by atoms with Gasteiger partial charge in [-0.2, -0.15) is 0 Å². The van der Waals surface area contributed by atoms with Crippen molar-refractivity contribution in [2.24, 2.45) is 16.6 Å². The summed E-state index contributed by atoms with van der Waals surface area (Å²) in [7, 11) is 0. The third-order valence-corrected chi connectivity index (χ3v) is 3.83. The molecular weight excluding hydrogens is 434 g/mol. The van der Waals surface area contributed by atoms with Crippen LogP contribution in [0.25, 0.3) is 0 Å². The highest BCUT2D eigenvalue weighted by Crippen LogP contribution is 2.26. The summed E-state index contributed by atoms with van der Waals surface area (Å²) >= 11 is 0. The maximum Gasteiger partial charge on any atom is 0.573 e. The summed E-state index contributed by atoms with van der Waals surface area (Å²) in [6.07, 6.45) is -2.08. The lowest BCUT2D eigenvalue weighted by molar-refractivity contribution is -0.274. The molecule has 1 aliphatic rings. The molecular formula is C16H23F3IN3O. The molecule has 1 heterocycles. The minimum absolute atomic E-state index is 0. The first-order chi connectivity index (χ1) is 10.8. The molecule has 1 aromatic carbocycles. The predicted octanol–water partition coefficient (Wildman–Crippen LogP) is 3.79. The number of likely N-dealkylation sites (tertiary alicyclic amines) is 1. The van der Waals surface area contributed by atoms with E-state index in [0.717, 1.165) is 19.5 Å². The fourth-order valence-corrected chi connectivity index (χ4v) is 2.72. The number of guanidine groups is 1. The summed E-state index contributed by atoms with van der Waals surface area (Å²) < 4.78 is 41.2. The number of aliphatic imine (C=N–C) groups is 1. The number of hydrogen-bond donors (Lipinski definition) is 1. The van der Waals surface area contributed by atoms with E-state index in [9.17, 15) is 13.2 Å². The van der Waals surface area contributed by atoms with Crippen molar-refractivity contribution in [2.45, 2.75) is 32.5 Å². The molecule has 8 heteroatoms. The van der Waals surface area contributed by atoms with Crippen LogP contribution in [-0.4, -0.2) is 36.9 Å². The fraction of sp³-hybridized carbons (Fsp3) is 0.562. The van der Waals surface area contributed by atoms with E-state index in [1.165, 1.54) is 18.6 Å². The number of para-hydroxylation sites is 1. The number of ether oxygens (including phenoxy) is 1. The molecule has 0 saturated carbocycles. The van der Waals surface area contributed by atoms with Crippen LogP contribution in [0.4, 0.5) is 13.2 Å². The van der Waals surface area contributed by atoms with Gasteiger partial charge in [0.05, 0.1) is 0 Å². The van der Waals surface area contributed by atoms with E-state index in [0.29, 0.717) is 30.4 Å². The van der Waals surface area contributed by atoms with E-state index in [4.69, 9.17) is 5.73 Å². The molecule has 2 N–H and O–H groups in total. The molecule has 0 radical (unpaired) electrons. The monoisotopic (exact) mass is 457 g/mol. The Labute approximate surface area is 157 Å². The summed E-state index contributed by atoms with van der Waals surface area (Å²) in [5.41, 5.74) is 6.45. The van der Waals surface area contributed by atoms with Crippen LogP contribution in [-0.2, 0) is 6.42 Å². The van der Waals surface area contributed by atoms with E-state index in [1.54, 1.807) is 12.1 Å². The molecule has 4 nitrogen and oxygen atoms in total. The number of nitrogens with two attached hydrogens (primary N) is 1. The van der Waals surface area contributed by atoms with Crippen LogP contribution in [0.3, 0.4) is 0 Å². The van der Waals surface area contributed by atoms with Gasteiger partial charge in [-0.15, -0.1) is 37.1 Å². The molecule has 0 aliphatic carbocycles. The van der Waals surface area contributed by atoms with Crippen LogP contribution in [0, 0.1) is 5.92 Å². The molecule has 136 valence electrons. The second-order valence-electron chi connectivity index (χ2n) is 5.84. The van der Waals surface area contributed by atoms with E-state index in [1.807, 2.05) is 4.90 Å². The van der Waals surface area contributed by atoms with Gasteiger partial charge in [0.25, 0.3) is 0 Å². The average molecular weight is 457 g/mol. The summed E-state index contributed by atoms with van der Waals surface area (Å²) in [5, 5.41) is 0. The molecule has 0 spiro atoms. The van der Waals surface area contributed by atoms with Crippen molar-refractivity contribution in [3.05, 3.63) is 29.8 Å². The highest BCUT2D eigenvalue weighted by atomic mass is 127. The molecule has 1 aliphatic heterocycles. The molecule has 1 unspecified atom stereocenters. The number of piperidine rings is 1. The van der Waals surface area contributed by atoms with Crippen molar-refractivity contribution >= 4 is 29.9 Å². The Morgan fingerprint density at radius 2 is 2.08 bits per heavy atom. The van der Waals surface area contributed by atoms with Gasteiger partial charge in [-0.05, 0) is 36.8 Å². The van der Waals surface area contributed by atoms with Crippen LogP contribution in [0.5, 0.6) is 5.75 Å². The van der Waals surface area contributed by atoms with Gasteiger partial charge in [0, 0.05) is 19.6 Å². The van der Waals surface area contributed by atoms with Gasteiger partial charge in [0.2, 0.25) is 0 Å². The molecule has 0 bridgehead atoms. The Kier molecular flexibility index (Phi) is 8.11. The summed E-state index contributed by atoms with van der Waals surface area (Å²) in [6, 6.07) is 6.10. The van der Waals surface area contributed by atoms with Gasteiger partial charge in [0.1, 0.15) is 5.75 Å². The van der Waals surface area contributed by atoms with Crippen LogP contribution in [0.15, 0.2) is 29.3 Å². The lowest BCUT2D eigenvalue weighted by Crippen LogP contribution is -2.43. The number of nitrogens with zero attached hydrogens (tertiary/aromatic N) is 2. The van der Waals surface area contributed by atoms with Gasteiger partial charge in [-0.1, -0.05) is 25.1 Å². The van der Waals surface area contributed by atoms with Crippen molar-refractivity contribution in [2.75, 3.05) is 19.6 Å². The first kappa shape index (κ1) is 20.9. The first-order valence-electron chi connectivity index (χ1n) is 7.73. The summed E-state index contributed by atoms with van der Waals surface area (Å²) in [6.45, 7) is 4.26. The Morgan fingerprint density at radius 3 is 2.75 bits per heavy atom. The van der Waals surface area contributed by atoms with Crippen molar-refractivity contribution in [1.29, 1.82) is 0 Å². The molecule has 2 rings (SSSR count). The van der Waals surface area contributed by atoms with Gasteiger partial charge in [-0.25, -0.2) is 0 Å². The predicted molar refractivity (Wildman–Crippen MR) is 98.7 cm³/mol. The topological polar surface area (TPSA) is 50.8 Å². The minimum atomic E-state index is -4.69. The van der Waals surface area contributed by atoms with Crippen molar-refractivity contribution in [3.8, 4) is 5.75 Å². The molecule has 1 saturated heterocycles. The number of alkyl halides is 3. The molecule has 0 aromatic heterocycles. The smallest absolute Gasteiger partial charge is 0.406 e. The Morgan fingerprint density at radius 1 is 1.38 bits per heavy atom. The Bertz CT molecular complexity index is 552. The molecule has 0 amide bonds. The second kappa shape index (κ2) is 9.33. The average Bonchev–Trinajstić information content (AvgIpc) is 2.47. The summed E-state index contributed by atoms with van der Waals surface area (Å²) in [5.74, 6) is 0.865. The zero-order valence-electron chi connectivity index (χ0n) is 13.6. The maximum absolute atomic E-state index is 12.4. The number of benzene rings is 1. The van der Waals surface area contributed by atoms with Crippen molar-refractivity contribution in [1.82, 2.24) is 4.90 Å². The fourth-order valence-electron chi connectivity index (χ4n) is 2.72. The zero-order valence-corrected chi connectivity index (χ0v) is 15.9. The lowest BCUT2D eigenvalue weighted by Gasteiger charge is -2.31. The number of rotatable bonds is 4. The van der Waals surface area contributed by atoms with E-state index < -0.39 is 6.36 Å². The standard InChI is InChI=1S/C16H22F3N3O.HI/c1-12-5-4-10-22(11-12)15(20)21-9-8-13-6-2-3-7-14(13)23-16(17,18)19;/h2-3,6-7,12H,4-5,8-11H2,1H3,(H2,20,21);1H. The minimum Gasteiger partial charge on any atom is -0.406 e. The Hall–Kier alpha value is -1.19. The first-order valence-corrected chi connectivity index (χ1v) is 7.73. The van der Waals surface area contributed by atoms with Gasteiger partial charge >= 0.3 is 6.36 Å². The third kappa shape index (κ3) is 6.74. The normalized spacial score (nSPS) is 18.9. The van der Waals surface area contributed by atoms with Crippen LogP contribution in [0.1, 0.15) is 25.3 Å². The third-order valence-electron chi connectivity index (χ3n) is 3.83. The summed E-state index contributed by atoms with van der Waals surface area (Å²) in [4.78, 5) is 6.33. The van der Waals surface area contributed by atoms with Crippen molar-refractivity contribution < 1.29 is 17.9 Å². The number of halogens is 4. The van der Waals surface area contributed by atoms with E-state index >= 15 is 0 Å². The number of hydrogen-bond acceptors (Lipinski definition) is 2. The van der Waals surface area contributed by atoms with Gasteiger partial charge in [0.15, 0.2) is 5.96 Å². The van der Waals surface area contributed by atoms with Crippen molar-refractivity contribution in [3.63, 3.8) is 0 Å².